The maximum Gasteiger partial charge on any atom is 0.109 e. The lowest BCUT2D eigenvalue weighted by atomic mass is 9.86. The van der Waals surface area contributed by atoms with Gasteiger partial charge in [0.25, 0.3) is 0 Å². The second kappa shape index (κ2) is 25.2. The summed E-state index contributed by atoms with van der Waals surface area (Å²) in [5.41, 5.74) is 22.6. The van der Waals surface area contributed by atoms with Gasteiger partial charge >= 0.3 is 0 Å². The van der Waals surface area contributed by atoms with Gasteiger partial charge < -0.3 is 15.0 Å². The van der Waals surface area contributed by atoms with Crippen LogP contribution < -0.4 is 0 Å². The van der Waals surface area contributed by atoms with E-state index in [1.807, 2.05) is 0 Å². The van der Waals surface area contributed by atoms with Crippen molar-refractivity contribution in [2.45, 2.75) is 212 Å². The first-order valence-electron chi connectivity index (χ1n) is 29.1. The lowest BCUT2D eigenvalue weighted by Crippen LogP contribution is -2.10. The van der Waals surface area contributed by atoms with E-state index in [2.05, 4.69) is 275 Å². The number of rotatable bonds is 8. The molecule has 0 fully saturated rings. The number of imidazole rings is 1. The molecule has 0 bridgehead atoms. The van der Waals surface area contributed by atoms with E-state index in [0.29, 0.717) is 47.3 Å². The van der Waals surface area contributed by atoms with Gasteiger partial charge in [-0.3, -0.25) is 9.98 Å². The molecule has 6 heteroatoms. The van der Waals surface area contributed by atoms with Gasteiger partial charge in [-0.1, -0.05) is 207 Å². The third kappa shape index (κ3) is 15.8. The van der Waals surface area contributed by atoms with E-state index in [1.165, 1.54) is 94.9 Å². The molecule has 8 aromatic rings. The molecule has 2 aliphatic heterocycles. The summed E-state index contributed by atoms with van der Waals surface area (Å²) >= 11 is 0. The average Bonchev–Trinajstić information content (AvgIpc) is 4.22. The zero-order valence-electron chi connectivity index (χ0n) is 51.7. The first-order valence-corrected chi connectivity index (χ1v) is 29.1. The molecule has 0 spiro atoms. The molecule has 77 heavy (non-hydrogen) atoms. The number of fused-ring (bicyclic) bond motifs is 5. The molecule has 0 unspecified atom stereocenters. The molecule has 5 aromatic carbocycles. The maximum atomic E-state index is 4.74. The fraction of sp³-hybridized carbons (Fsp3) is 0.479. The van der Waals surface area contributed by atoms with Crippen LogP contribution in [0.2, 0.25) is 0 Å². The summed E-state index contributed by atoms with van der Waals surface area (Å²) in [5, 5.41) is 2.64. The molecule has 0 radical (unpaired) electrons. The van der Waals surface area contributed by atoms with Gasteiger partial charge in [0.05, 0.1) is 22.4 Å². The molecule has 3 aromatic heterocycles. The van der Waals surface area contributed by atoms with Crippen LogP contribution in [0.3, 0.4) is 0 Å². The molecular formula is C71H98N6. The Kier molecular flexibility index (Phi) is 19.7. The summed E-state index contributed by atoms with van der Waals surface area (Å²) in [5.74, 6) is 5.56. The zero-order chi connectivity index (χ0) is 56.8. The highest BCUT2D eigenvalue weighted by molar-refractivity contribution is 5.96. The monoisotopic (exact) mass is 1030 g/mol. The minimum Gasteiger partial charge on any atom is -0.358 e. The van der Waals surface area contributed by atoms with Gasteiger partial charge in [-0.05, 0) is 151 Å². The Morgan fingerprint density at radius 1 is 0.364 bits per heavy atom. The molecule has 0 amide bonds. The second-order valence-electron chi connectivity index (χ2n) is 26.5. The Bertz CT molecular complexity index is 2970. The van der Waals surface area contributed by atoms with E-state index in [-0.39, 0.29) is 10.8 Å². The van der Waals surface area contributed by atoms with Crippen molar-refractivity contribution in [3.63, 3.8) is 0 Å². The van der Waals surface area contributed by atoms with Crippen molar-refractivity contribution in [3.8, 4) is 0 Å². The highest BCUT2D eigenvalue weighted by Crippen LogP contribution is 2.36. The predicted molar refractivity (Wildman–Crippen MR) is 339 cm³/mol. The quantitative estimate of drug-likeness (QED) is 0.139. The van der Waals surface area contributed by atoms with Crippen molar-refractivity contribution in [1.29, 1.82) is 0 Å². The summed E-state index contributed by atoms with van der Waals surface area (Å²) < 4.78 is 0. The van der Waals surface area contributed by atoms with E-state index >= 15 is 0 Å². The van der Waals surface area contributed by atoms with E-state index in [9.17, 15) is 0 Å². The number of aromatic amines is 3. The van der Waals surface area contributed by atoms with Crippen molar-refractivity contribution in [2.75, 3.05) is 0 Å². The number of benzene rings is 5. The van der Waals surface area contributed by atoms with Crippen molar-refractivity contribution in [3.05, 3.63) is 159 Å². The normalized spacial score (nSPS) is 13.3. The maximum absolute atomic E-state index is 4.74. The van der Waals surface area contributed by atoms with Crippen LogP contribution in [0.15, 0.2) is 113 Å². The van der Waals surface area contributed by atoms with Crippen molar-refractivity contribution in [2.24, 2.45) is 21.8 Å². The largest absolute Gasteiger partial charge is 0.358 e. The van der Waals surface area contributed by atoms with Crippen LogP contribution in [0, 0.1) is 11.8 Å². The fourth-order valence-electron chi connectivity index (χ4n) is 9.37. The van der Waals surface area contributed by atoms with E-state index in [0.717, 1.165) is 29.7 Å². The number of nitrogens with one attached hydrogen (secondary N) is 3. The van der Waals surface area contributed by atoms with Gasteiger partial charge in [0.1, 0.15) is 5.82 Å². The molecular weight excluding hydrogens is 937 g/mol. The number of aliphatic imine (C=N–C) groups is 2. The van der Waals surface area contributed by atoms with Crippen molar-refractivity contribution in [1.82, 2.24) is 19.9 Å². The highest BCUT2D eigenvalue weighted by Gasteiger charge is 2.22. The summed E-state index contributed by atoms with van der Waals surface area (Å²) in [6, 6.07) is 37.9. The lowest BCUT2D eigenvalue weighted by molar-refractivity contribution is 0.590. The van der Waals surface area contributed by atoms with Gasteiger partial charge in [-0.25, -0.2) is 4.98 Å². The third-order valence-corrected chi connectivity index (χ3v) is 15.2. The minimum absolute atomic E-state index is 0.213. The van der Waals surface area contributed by atoms with E-state index in [4.69, 9.17) is 9.98 Å². The van der Waals surface area contributed by atoms with Gasteiger partial charge in [0.15, 0.2) is 0 Å². The van der Waals surface area contributed by atoms with Crippen LogP contribution in [0.4, 0.5) is 11.4 Å². The topological polar surface area (TPSA) is 85.0 Å². The smallest absolute Gasteiger partial charge is 0.109 e. The number of nitrogens with zero attached hydrogens (tertiary/aromatic N) is 3. The first kappa shape index (κ1) is 60.2. The molecule has 5 heterocycles. The Hall–Kier alpha value is -6.01. The van der Waals surface area contributed by atoms with Crippen LogP contribution in [-0.4, -0.2) is 31.4 Å². The molecule has 3 N–H and O–H groups in total. The Morgan fingerprint density at radius 3 is 1.08 bits per heavy atom. The third-order valence-electron chi connectivity index (χ3n) is 15.2. The Labute approximate surface area is 465 Å². The minimum atomic E-state index is 0.213. The van der Waals surface area contributed by atoms with Crippen LogP contribution in [-0.2, 0) is 23.7 Å². The number of hydrogen-bond acceptors (Lipinski definition) is 3. The Balaban J connectivity index is 0.000000156. The zero-order valence-corrected chi connectivity index (χ0v) is 51.7. The number of hydrogen-bond donors (Lipinski definition) is 3. The van der Waals surface area contributed by atoms with Gasteiger partial charge in [0.2, 0.25) is 0 Å². The van der Waals surface area contributed by atoms with Crippen molar-refractivity contribution < 1.29 is 0 Å². The molecule has 0 atom stereocenters. The van der Waals surface area contributed by atoms with E-state index in [1.54, 1.807) is 0 Å². The number of aromatic nitrogens is 4. The van der Waals surface area contributed by atoms with Crippen LogP contribution in [0.1, 0.15) is 244 Å². The standard InChI is InChI=1S/2C15H21N.2C14H19N.C13H18N2/c2*1-10(2)13-8-11-6-7-12(15(3,4)5)9-14(11)16-13;2*1-9(2)11-5-6-12-8-13(10(3)4)15-14(12)7-11;1-8(2)10-5-6-11-12(7-10)15-13(14-11)9(3)4/h2*6-7,9-10H,8H2,1-5H3;2*5-10,15H,1-4H3;5-9H,1-4H3,(H,14,15). The van der Waals surface area contributed by atoms with Crippen LogP contribution in [0.5, 0.6) is 0 Å². The summed E-state index contributed by atoms with van der Waals surface area (Å²) in [6.45, 7) is 48.9. The van der Waals surface area contributed by atoms with E-state index < -0.39 is 0 Å². The molecule has 6 nitrogen and oxygen atoms in total. The molecule has 10 rings (SSSR count). The molecule has 0 saturated carbocycles. The average molecular weight is 1040 g/mol. The fourth-order valence-corrected chi connectivity index (χ4v) is 9.37. The van der Waals surface area contributed by atoms with Crippen molar-refractivity contribution >= 4 is 55.6 Å². The SMILES string of the molecule is CC(C)C1=Nc2cc(C(C)(C)C)ccc2C1.CC(C)C1=Nc2cc(C(C)(C)C)ccc2C1.CC(C)c1ccc2cc(C(C)C)[nH]c2c1.CC(C)c1ccc2cc(C(C)C)[nH]c2c1.CC(C)c1ccc2nc(C(C)C)[nH]c2c1. The van der Waals surface area contributed by atoms with Crippen LogP contribution >= 0.6 is 0 Å². The molecule has 2 aliphatic rings. The van der Waals surface area contributed by atoms with Gasteiger partial charge in [-0.2, -0.15) is 0 Å². The Morgan fingerprint density at radius 2 is 0.740 bits per heavy atom. The second-order valence-corrected chi connectivity index (χ2v) is 26.5. The summed E-state index contributed by atoms with van der Waals surface area (Å²) in [4.78, 5) is 24.4. The first-order chi connectivity index (χ1) is 36.0. The summed E-state index contributed by atoms with van der Waals surface area (Å²) in [6.07, 6.45) is 2.08. The van der Waals surface area contributed by atoms with Gasteiger partial charge in [0, 0.05) is 52.6 Å². The van der Waals surface area contributed by atoms with Gasteiger partial charge in [-0.15, -0.1) is 0 Å². The molecule has 0 aliphatic carbocycles. The molecule has 0 saturated heterocycles. The van der Waals surface area contributed by atoms with Crippen LogP contribution in [0.25, 0.3) is 32.8 Å². The highest BCUT2D eigenvalue weighted by atomic mass is 14.9. The molecule has 412 valence electrons. The summed E-state index contributed by atoms with van der Waals surface area (Å²) in [7, 11) is 0. The lowest BCUT2D eigenvalue weighted by Gasteiger charge is -2.19. The number of H-pyrrole nitrogens is 3. The predicted octanol–water partition coefficient (Wildman–Crippen LogP) is 21.2.